The lowest BCUT2D eigenvalue weighted by molar-refractivity contribution is 0.123. The molecule has 0 amide bonds. The summed E-state index contributed by atoms with van der Waals surface area (Å²) in [7, 11) is -2.62. The molecule has 0 saturated carbocycles. The van der Waals surface area contributed by atoms with E-state index in [4.69, 9.17) is 11.6 Å². The first-order valence-corrected chi connectivity index (χ1v) is 13.4. The molecule has 0 spiro atoms. The maximum Gasteiger partial charge on any atom is 0.262 e. The minimum absolute atomic E-state index is 0.00377. The van der Waals surface area contributed by atoms with Gasteiger partial charge >= 0.3 is 0 Å². The number of aromatic nitrogens is 3. The van der Waals surface area contributed by atoms with Crippen LogP contribution in [0.1, 0.15) is 17.3 Å². The number of benzene rings is 1. The van der Waals surface area contributed by atoms with Crippen LogP contribution in [0.15, 0.2) is 48.7 Å². The fourth-order valence-corrected chi connectivity index (χ4v) is 4.56. The van der Waals surface area contributed by atoms with Crippen molar-refractivity contribution in [3.8, 4) is 11.3 Å². The van der Waals surface area contributed by atoms with Crippen molar-refractivity contribution in [3.05, 3.63) is 76.6 Å². The van der Waals surface area contributed by atoms with Crippen LogP contribution in [0.5, 0.6) is 0 Å². The van der Waals surface area contributed by atoms with Crippen molar-refractivity contribution in [1.29, 1.82) is 0 Å². The summed E-state index contributed by atoms with van der Waals surface area (Å²) in [5, 5.41) is 2.61. The van der Waals surface area contributed by atoms with Crippen molar-refractivity contribution in [1.82, 2.24) is 15.0 Å². The lowest BCUT2D eigenvalue weighted by atomic mass is 10.1. The first kappa shape index (κ1) is 25.1. The van der Waals surface area contributed by atoms with Crippen molar-refractivity contribution in [2.24, 2.45) is 0 Å². The molecule has 4 rings (SSSR count). The molecule has 4 aromatic rings. The zero-order chi connectivity index (χ0) is 25.5. The highest BCUT2D eigenvalue weighted by Gasteiger charge is 2.28. The van der Waals surface area contributed by atoms with E-state index < -0.39 is 31.2 Å². The Hall–Kier alpha value is -3.03. The molecule has 1 atom stereocenters. The molecule has 35 heavy (non-hydrogen) atoms. The second-order valence-electron chi connectivity index (χ2n) is 8.31. The minimum atomic E-state index is -3.00. The van der Waals surface area contributed by atoms with E-state index in [-0.39, 0.29) is 44.3 Å². The zero-order valence-electron chi connectivity index (χ0n) is 18.9. The molecule has 3 heterocycles. The molecular formula is C24H20ClF4N4OP. The Kier molecular flexibility index (Phi) is 6.84. The highest BCUT2D eigenvalue weighted by molar-refractivity contribution is 7.69. The van der Waals surface area contributed by atoms with Crippen molar-refractivity contribution < 1.29 is 22.1 Å². The molecule has 0 aliphatic rings. The number of anilines is 1. The molecule has 0 saturated heterocycles. The van der Waals surface area contributed by atoms with Crippen LogP contribution in [0.25, 0.3) is 22.3 Å². The third-order valence-corrected chi connectivity index (χ3v) is 7.21. The largest absolute Gasteiger partial charge is 0.370 e. The van der Waals surface area contributed by atoms with Crippen LogP contribution in [0.2, 0.25) is 5.02 Å². The molecule has 0 aliphatic carbocycles. The molecule has 0 bridgehead atoms. The fraction of sp³-hybridized carbons (Fsp3) is 0.208. The van der Waals surface area contributed by atoms with Gasteiger partial charge in [-0.2, -0.15) is 0 Å². The summed E-state index contributed by atoms with van der Waals surface area (Å²) in [5.41, 5.74) is 0.603. The number of halogens is 5. The van der Waals surface area contributed by atoms with Gasteiger partial charge in [-0.1, -0.05) is 29.8 Å². The van der Waals surface area contributed by atoms with Gasteiger partial charge in [0.15, 0.2) is 5.82 Å². The van der Waals surface area contributed by atoms with Crippen LogP contribution in [0.3, 0.4) is 0 Å². The zero-order valence-corrected chi connectivity index (χ0v) is 20.5. The van der Waals surface area contributed by atoms with Crippen LogP contribution in [0, 0.1) is 18.6 Å². The lowest BCUT2D eigenvalue weighted by Crippen LogP contribution is -2.21. The number of rotatable bonds is 6. The Morgan fingerprint density at radius 1 is 1.03 bits per heavy atom. The summed E-state index contributed by atoms with van der Waals surface area (Å²) in [6, 6.07) is 7.58. The minimum Gasteiger partial charge on any atom is -0.370 e. The highest BCUT2D eigenvalue weighted by Crippen LogP contribution is 2.38. The number of nitrogens with zero attached hydrogens (tertiary/aromatic N) is 3. The van der Waals surface area contributed by atoms with Gasteiger partial charge in [-0.25, -0.2) is 27.5 Å². The van der Waals surface area contributed by atoms with Crippen LogP contribution in [-0.2, 0) is 4.57 Å². The van der Waals surface area contributed by atoms with E-state index in [1.807, 2.05) is 0 Å². The summed E-state index contributed by atoms with van der Waals surface area (Å²) in [4.78, 5) is 12.7. The van der Waals surface area contributed by atoms with Gasteiger partial charge in [0.05, 0.1) is 27.4 Å². The number of fused-ring (bicyclic) bond motifs is 1. The average molecular weight is 523 g/mol. The monoisotopic (exact) mass is 522 g/mol. The van der Waals surface area contributed by atoms with Gasteiger partial charge in [0.25, 0.3) is 6.43 Å². The summed E-state index contributed by atoms with van der Waals surface area (Å²) in [5.74, 6) is -1.53. The molecule has 0 radical (unpaired) electrons. The summed E-state index contributed by atoms with van der Waals surface area (Å²) >= 11 is 6.42. The number of nitrogens with one attached hydrogen (secondary N) is 1. The molecule has 0 unspecified atom stereocenters. The number of hydrogen-bond acceptors (Lipinski definition) is 5. The molecule has 182 valence electrons. The van der Waals surface area contributed by atoms with E-state index >= 15 is 4.39 Å². The van der Waals surface area contributed by atoms with Crippen molar-refractivity contribution in [2.75, 3.05) is 18.6 Å². The molecule has 5 nitrogen and oxygen atoms in total. The van der Waals surface area contributed by atoms with Crippen molar-refractivity contribution in [2.45, 2.75) is 19.4 Å². The quantitative estimate of drug-likeness (QED) is 0.228. The van der Waals surface area contributed by atoms with E-state index in [1.54, 1.807) is 13.3 Å². The standard InChI is InChI=1S/C24H20ClF4N4OP/c1-12-19(25)23(33-21(24(28)29)14-6-4-5-7-15(14)26)22-17(31-12)10-16(27)20(32-22)13-8-9-18(30-11-13)35(2,3)34/h4-11,21,24H,1-3H3,(H,31,33)/t21-/m0/s1. The first-order chi connectivity index (χ1) is 16.5. The number of hydrogen-bond donors (Lipinski definition) is 1. The van der Waals surface area contributed by atoms with Gasteiger partial charge in [0, 0.05) is 23.4 Å². The smallest absolute Gasteiger partial charge is 0.262 e. The second-order valence-corrected chi connectivity index (χ2v) is 11.8. The summed E-state index contributed by atoms with van der Waals surface area (Å²) in [6.07, 6.45) is -1.66. The Bertz CT molecular complexity index is 1460. The first-order valence-electron chi connectivity index (χ1n) is 10.4. The Balaban J connectivity index is 1.88. The van der Waals surface area contributed by atoms with E-state index in [9.17, 15) is 17.7 Å². The Morgan fingerprint density at radius 2 is 1.74 bits per heavy atom. The van der Waals surface area contributed by atoms with E-state index in [0.717, 1.165) is 12.1 Å². The van der Waals surface area contributed by atoms with Crippen LogP contribution >= 0.6 is 18.7 Å². The predicted molar refractivity (Wildman–Crippen MR) is 130 cm³/mol. The van der Waals surface area contributed by atoms with E-state index in [2.05, 4.69) is 20.3 Å². The molecule has 3 aromatic heterocycles. The van der Waals surface area contributed by atoms with Crippen molar-refractivity contribution in [3.63, 3.8) is 0 Å². The molecule has 1 aromatic carbocycles. The third kappa shape index (κ3) is 5.02. The predicted octanol–water partition coefficient (Wildman–Crippen LogP) is 6.60. The lowest BCUT2D eigenvalue weighted by Gasteiger charge is -2.22. The maximum atomic E-state index is 15.0. The van der Waals surface area contributed by atoms with Gasteiger partial charge in [0.2, 0.25) is 0 Å². The average Bonchev–Trinajstić information content (AvgIpc) is 2.79. The van der Waals surface area contributed by atoms with Crippen molar-refractivity contribution >= 4 is 40.9 Å². The molecular weight excluding hydrogens is 503 g/mol. The van der Waals surface area contributed by atoms with Crippen LogP contribution in [-0.4, -0.2) is 34.7 Å². The van der Waals surface area contributed by atoms with Crippen LogP contribution < -0.4 is 10.8 Å². The normalized spacial score (nSPS) is 12.8. The molecule has 1 N–H and O–H groups in total. The molecule has 0 fully saturated rings. The third-order valence-electron chi connectivity index (χ3n) is 5.38. The number of aryl methyl sites for hydroxylation is 1. The van der Waals surface area contributed by atoms with Gasteiger partial charge in [-0.15, -0.1) is 0 Å². The van der Waals surface area contributed by atoms with Gasteiger partial charge in [0.1, 0.15) is 30.2 Å². The van der Waals surface area contributed by atoms with E-state index in [1.165, 1.54) is 43.5 Å². The molecule has 0 aliphatic heterocycles. The maximum absolute atomic E-state index is 15.0. The van der Waals surface area contributed by atoms with Gasteiger partial charge in [-0.05, 0) is 38.5 Å². The highest BCUT2D eigenvalue weighted by atomic mass is 35.5. The van der Waals surface area contributed by atoms with Gasteiger partial charge < -0.3 is 9.88 Å². The molecule has 11 heteroatoms. The number of alkyl halides is 2. The summed E-state index contributed by atoms with van der Waals surface area (Å²) in [6.45, 7) is 4.66. The summed E-state index contributed by atoms with van der Waals surface area (Å²) < 4.78 is 69.6. The Morgan fingerprint density at radius 3 is 2.34 bits per heavy atom. The van der Waals surface area contributed by atoms with E-state index in [0.29, 0.717) is 5.44 Å². The van der Waals surface area contributed by atoms with Crippen LogP contribution in [0.4, 0.5) is 23.2 Å². The number of pyridine rings is 3. The SMILES string of the molecule is Cc1nc2cc(F)c(-c3ccc(P(C)(C)=O)nc3)nc2c(N[C@@H](c2ccccc2F)C(F)F)c1Cl. The Labute approximate surface area is 204 Å². The fourth-order valence-electron chi connectivity index (χ4n) is 3.60. The second kappa shape index (κ2) is 9.55. The van der Waals surface area contributed by atoms with Gasteiger partial charge in [-0.3, -0.25) is 4.98 Å². The topological polar surface area (TPSA) is 67.8 Å².